The molecule has 0 aromatic carbocycles. The molecule has 1 aliphatic carbocycles. The number of hydrogen-bond acceptors (Lipinski definition) is 11. The Balaban J connectivity index is 2.33. The highest BCUT2D eigenvalue weighted by Crippen LogP contribution is 2.47. The molecule has 1 aliphatic rings. The largest absolute Gasteiger partial charge is 0.472 e. The fourth-order valence-corrected chi connectivity index (χ4v) is 9.22. The molecule has 12 nitrogen and oxygen atoms in total. The van der Waals surface area contributed by atoms with E-state index in [4.69, 9.17) is 18.5 Å². The van der Waals surface area contributed by atoms with Crippen molar-refractivity contribution in [2.24, 2.45) is 0 Å². The van der Waals surface area contributed by atoms with Gasteiger partial charge in [0, 0.05) is 13.0 Å². The number of phosphoric ester groups is 1. The summed E-state index contributed by atoms with van der Waals surface area (Å²) in [6.07, 6.45) is 40.6. The summed E-state index contributed by atoms with van der Waals surface area (Å²) >= 11 is 0. The quantitative estimate of drug-likeness (QED) is 0.0147. The molecular weight excluding hydrogens is 860 g/mol. The Kier molecular flexibility index (Phi) is 41.3. The van der Waals surface area contributed by atoms with Gasteiger partial charge in [0.1, 0.15) is 42.7 Å². The molecule has 1 saturated carbocycles. The van der Waals surface area contributed by atoms with E-state index in [-0.39, 0.29) is 13.0 Å². The van der Waals surface area contributed by atoms with Gasteiger partial charge in [-0.15, -0.1) is 0 Å². The highest BCUT2D eigenvalue weighted by atomic mass is 31.2. The third kappa shape index (κ3) is 34.8. The van der Waals surface area contributed by atoms with E-state index in [0.717, 1.165) is 70.6 Å². The molecule has 66 heavy (non-hydrogen) atoms. The average Bonchev–Trinajstić information content (AvgIpc) is 3.30. The maximum atomic E-state index is 12.9. The molecular formula is C53H99O12P. The molecule has 1 rings (SSSR count). The number of rotatable bonds is 46. The van der Waals surface area contributed by atoms with Gasteiger partial charge in [0.25, 0.3) is 0 Å². The van der Waals surface area contributed by atoms with Gasteiger partial charge in [-0.05, 0) is 51.4 Å². The Morgan fingerprint density at radius 3 is 1.32 bits per heavy atom. The first kappa shape index (κ1) is 62.6. The SMILES string of the molecule is CCCCC/C=C\C/C=C\C/C=C\CCCCCCCCC(=O)OC(COCCCCCCCCCCCCCCCCCCCCCC)COP(=O)(O)OC1C(O)C(O)C(O)C(O)C1O. The van der Waals surface area contributed by atoms with Crippen LogP contribution in [0.5, 0.6) is 0 Å². The lowest BCUT2D eigenvalue weighted by molar-refractivity contribution is -0.220. The highest BCUT2D eigenvalue weighted by molar-refractivity contribution is 7.47. The van der Waals surface area contributed by atoms with Crippen LogP contribution in [0.4, 0.5) is 0 Å². The zero-order valence-corrected chi connectivity index (χ0v) is 42.6. The molecule has 13 heteroatoms. The van der Waals surface area contributed by atoms with E-state index in [1.165, 1.54) is 135 Å². The van der Waals surface area contributed by atoms with Crippen molar-refractivity contribution in [3.8, 4) is 0 Å². The Morgan fingerprint density at radius 2 is 0.848 bits per heavy atom. The van der Waals surface area contributed by atoms with Crippen LogP contribution in [0, 0.1) is 0 Å². The van der Waals surface area contributed by atoms with Gasteiger partial charge in [0.15, 0.2) is 0 Å². The molecule has 6 unspecified atom stereocenters. The van der Waals surface area contributed by atoms with Gasteiger partial charge < -0.3 is 39.9 Å². The summed E-state index contributed by atoms with van der Waals surface area (Å²) in [7, 11) is -5.03. The zero-order valence-electron chi connectivity index (χ0n) is 41.7. The molecule has 1 fully saturated rings. The summed E-state index contributed by atoms with van der Waals surface area (Å²) in [5, 5.41) is 50.3. The van der Waals surface area contributed by atoms with Crippen molar-refractivity contribution in [1.29, 1.82) is 0 Å². The fraction of sp³-hybridized carbons (Fsp3) is 0.868. The Bertz CT molecular complexity index is 1230. The van der Waals surface area contributed by atoms with Gasteiger partial charge in [0.2, 0.25) is 0 Å². The lowest BCUT2D eigenvalue weighted by Crippen LogP contribution is -2.64. The molecule has 0 saturated heterocycles. The van der Waals surface area contributed by atoms with Crippen molar-refractivity contribution in [3.63, 3.8) is 0 Å². The number of aliphatic hydroxyl groups excluding tert-OH is 5. The van der Waals surface area contributed by atoms with Crippen molar-refractivity contribution in [1.82, 2.24) is 0 Å². The maximum absolute atomic E-state index is 12.9. The standard InChI is InChI=1S/C53H99O12P/c1-3-5-7-9-11-13-15-17-19-21-23-25-27-29-31-33-35-37-39-41-43-62-44-46(45-63-66(60,61)65-53-51(58)49(56)48(55)50(57)52(53)59)64-47(54)42-40-38-36-34-32-30-28-26-24-22-20-18-16-14-12-10-8-6-4-2/h12,14,18,20,24,26,46,48-53,55-59H,3-11,13,15-17,19,21-23,25,27-45H2,1-2H3,(H,60,61)/b14-12-,20-18-,26-24-. The minimum absolute atomic E-state index is 0.0789. The summed E-state index contributed by atoms with van der Waals surface area (Å²) < 4.78 is 34.3. The highest BCUT2D eigenvalue weighted by Gasteiger charge is 2.51. The van der Waals surface area contributed by atoms with Crippen LogP contribution in [0.1, 0.15) is 232 Å². The Morgan fingerprint density at radius 1 is 0.485 bits per heavy atom. The molecule has 0 spiro atoms. The van der Waals surface area contributed by atoms with Crippen molar-refractivity contribution >= 4 is 13.8 Å². The van der Waals surface area contributed by atoms with Gasteiger partial charge >= 0.3 is 13.8 Å². The molecule has 6 N–H and O–H groups in total. The fourth-order valence-electron chi connectivity index (χ4n) is 8.25. The van der Waals surface area contributed by atoms with Crippen molar-refractivity contribution in [3.05, 3.63) is 36.5 Å². The molecule has 0 heterocycles. The molecule has 0 bridgehead atoms. The number of carbonyl (C=O) groups excluding carboxylic acids is 1. The third-order valence-electron chi connectivity index (χ3n) is 12.5. The van der Waals surface area contributed by atoms with Crippen LogP contribution in [0.15, 0.2) is 36.5 Å². The number of carbonyl (C=O) groups is 1. The first-order chi connectivity index (χ1) is 32.0. The van der Waals surface area contributed by atoms with Crippen LogP contribution in [0.25, 0.3) is 0 Å². The summed E-state index contributed by atoms with van der Waals surface area (Å²) in [5.41, 5.74) is 0. The van der Waals surface area contributed by atoms with Gasteiger partial charge in [0.05, 0.1) is 13.2 Å². The second-order valence-corrected chi connectivity index (χ2v) is 20.1. The van der Waals surface area contributed by atoms with Crippen molar-refractivity contribution in [2.45, 2.75) is 275 Å². The van der Waals surface area contributed by atoms with E-state index in [1.54, 1.807) is 0 Å². The number of esters is 1. The third-order valence-corrected chi connectivity index (χ3v) is 13.5. The van der Waals surface area contributed by atoms with Gasteiger partial charge in [-0.3, -0.25) is 13.8 Å². The number of phosphoric acid groups is 1. The first-order valence-electron chi connectivity index (χ1n) is 26.8. The maximum Gasteiger partial charge on any atom is 0.472 e. The van der Waals surface area contributed by atoms with Crippen LogP contribution in [-0.2, 0) is 27.9 Å². The topological polar surface area (TPSA) is 192 Å². The number of allylic oxidation sites excluding steroid dienone is 6. The van der Waals surface area contributed by atoms with E-state index >= 15 is 0 Å². The number of hydrogen-bond donors (Lipinski definition) is 6. The van der Waals surface area contributed by atoms with Crippen LogP contribution >= 0.6 is 7.82 Å². The summed E-state index contributed by atoms with van der Waals surface area (Å²) in [5.74, 6) is -0.486. The zero-order chi connectivity index (χ0) is 48.4. The second-order valence-electron chi connectivity index (χ2n) is 18.7. The molecule has 0 radical (unpaired) electrons. The molecule has 0 amide bonds. The predicted molar refractivity (Wildman–Crippen MR) is 267 cm³/mol. The summed E-state index contributed by atoms with van der Waals surface area (Å²) in [6, 6.07) is 0. The number of aliphatic hydroxyl groups is 5. The molecule has 0 aromatic rings. The van der Waals surface area contributed by atoms with Crippen molar-refractivity contribution in [2.75, 3.05) is 19.8 Å². The average molecular weight is 959 g/mol. The van der Waals surface area contributed by atoms with Crippen LogP contribution < -0.4 is 0 Å². The normalized spacial score (nSPS) is 21.6. The first-order valence-corrected chi connectivity index (χ1v) is 28.3. The predicted octanol–water partition coefficient (Wildman–Crippen LogP) is 12.2. The molecule has 388 valence electrons. The summed E-state index contributed by atoms with van der Waals surface area (Å²) in [6.45, 7) is 4.26. The Labute approximate surface area is 402 Å². The van der Waals surface area contributed by atoms with Crippen LogP contribution in [-0.4, -0.2) is 98.9 Å². The van der Waals surface area contributed by atoms with E-state index < -0.39 is 63.1 Å². The minimum atomic E-state index is -5.03. The molecule has 6 atom stereocenters. The van der Waals surface area contributed by atoms with Gasteiger partial charge in [-0.1, -0.05) is 211 Å². The van der Waals surface area contributed by atoms with E-state index in [9.17, 15) is 39.8 Å². The number of ether oxygens (including phenoxy) is 2. The second kappa shape index (κ2) is 43.6. The Hall–Kier alpha value is -1.44. The smallest absolute Gasteiger partial charge is 0.457 e. The van der Waals surface area contributed by atoms with E-state index in [0.29, 0.717) is 13.0 Å². The molecule has 0 aromatic heterocycles. The lowest BCUT2D eigenvalue weighted by Gasteiger charge is -2.41. The van der Waals surface area contributed by atoms with Gasteiger partial charge in [-0.2, -0.15) is 0 Å². The number of unbranched alkanes of at least 4 members (excludes halogenated alkanes) is 28. The van der Waals surface area contributed by atoms with E-state index in [1.807, 2.05) is 0 Å². The summed E-state index contributed by atoms with van der Waals surface area (Å²) in [4.78, 5) is 23.3. The minimum Gasteiger partial charge on any atom is -0.457 e. The molecule has 0 aliphatic heterocycles. The lowest BCUT2D eigenvalue weighted by atomic mass is 9.85. The van der Waals surface area contributed by atoms with E-state index in [2.05, 4.69) is 50.3 Å². The monoisotopic (exact) mass is 959 g/mol. The van der Waals surface area contributed by atoms with Crippen LogP contribution in [0.2, 0.25) is 0 Å². The van der Waals surface area contributed by atoms with Crippen LogP contribution in [0.3, 0.4) is 0 Å². The van der Waals surface area contributed by atoms with Crippen molar-refractivity contribution < 1.29 is 58.3 Å². The van der Waals surface area contributed by atoms with Gasteiger partial charge in [-0.25, -0.2) is 4.57 Å².